The summed E-state index contributed by atoms with van der Waals surface area (Å²) in [6.07, 6.45) is 3.41. The number of aliphatic hydroxyl groups excluding tert-OH is 1. The van der Waals surface area contributed by atoms with E-state index in [2.05, 4.69) is 57.3 Å². The summed E-state index contributed by atoms with van der Waals surface area (Å²) in [5.74, 6) is 9.43. The molecular formula is C36H37N5O2. The highest BCUT2D eigenvalue weighted by molar-refractivity contribution is 6.03. The summed E-state index contributed by atoms with van der Waals surface area (Å²) in [7, 11) is 0. The highest BCUT2D eigenvalue weighted by atomic mass is 16.5. The number of hydrogen-bond donors (Lipinski definition) is 2. The predicted octanol–water partition coefficient (Wildman–Crippen LogP) is 6.85. The number of para-hydroxylation sites is 1. The highest BCUT2D eigenvalue weighted by Gasteiger charge is 2.26. The van der Waals surface area contributed by atoms with Gasteiger partial charge in [-0.15, -0.1) is 0 Å². The molecule has 1 fully saturated rings. The summed E-state index contributed by atoms with van der Waals surface area (Å²) < 4.78 is 8.22. The molecule has 7 heteroatoms. The number of anilines is 1. The van der Waals surface area contributed by atoms with E-state index in [1.165, 1.54) is 6.33 Å². The topological polar surface area (TPSA) is 89.4 Å². The van der Waals surface area contributed by atoms with Crippen LogP contribution in [0.5, 0.6) is 11.5 Å². The highest BCUT2D eigenvalue weighted by Crippen LogP contribution is 2.39. The number of benzene rings is 3. The molecule has 1 unspecified atom stereocenters. The van der Waals surface area contributed by atoms with Crippen LogP contribution in [0.25, 0.3) is 22.2 Å². The van der Waals surface area contributed by atoms with Crippen molar-refractivity contribution in [3.05, 3.63) is 103 Å². The first-order chi connectivity index (χ1) is 21.0. The Morgan fingerprint density at radius 2 is 1.56 bits per heavy atom. The first-order valence-electron chi connectivity index (χ1n) is 14.9. The monoisotopic (exact) mass is 571 g/mol. The minimum absolute atomic E-state index is 0.0144. The third-order valence-corrected chi connectivity index (χ3v) is 8.17. The van der Waals surface area contributed by atoms with E-state index in [1.807, 2.05) is 72.8 Å². The molecule has 5 aromatic rings. The minimum atomic E-state index is 0.0144. The van der Waals surface area contributed by atoms with Crippen molar-refractivity contribution in [1.29, 1.82) is 0 Å². The van der Waals surface area contributed by atoms with E-state index in [-0.39, 0.29) is 24.6 Å². The van der Waals surface area contributed by atoms with Gasteiger partial charge in [0.1, 0.15) is 35.0 Å². The molecule has 3 heterocycles. The Labute approximate surface area is 253 Å². The molecule has 218 valence electrons. The molecule has 0 aliphatic carbocycles. The number of aliphatic hydroxyl groups is 1. The van der Waals surface area contributed by atoms with Crippen molar-refractivity contribution in [2.45, 2.75) is 38.8 Å². The number of rotatable bonds is 7. The molecule has 0 radical (unpaired) electrons. The van der Waals surface area contributed by atoms with Crippen molar-refractivity contribution in [1.82, 2.24) is 19.4 Å². The molecule has 2 aromatic heterocycles. The van der Waals surface area contributed by atoms with Gasteiger partial charge in [0.2, 0.25) is 0 Å². The minimum Gasteiger partial charge on any atom is -0.457 e. The lowest BCUT2D eigenvalue weighted by atomic mass is 9.94. The van der Waals surface area contributed by atoms with Gasteiger partial charge in [0.25, 0.3) is 0 Å². The zero-order valence-electron chi connectivity index (χ0n) is 24.6. The van der Waals surface area contributed by atoms with Crippen LogP contribution in [0.4, 0.5) is 5.82 Å². The van der Waals surface area contributed by atoms with E-state index in [1.54, 1.807) is 0 Å². The van der Waals surface area contributed by atoms with Crippen LogP contribution in [0.3, 0.4) is 0 Å². The van der Waals surface area contributed by atoms with Gasteiger partial charge in [-0.1, -0.05) is 66.6 Å². The zero-order valence-corrected chi connectivity index (χ0v) is 24.6. The van der Waals surface area contributed by atoms with Crippen molar-refractivity contribution in [3.8, 4) is 34.5 Å². The van der Waals surface area contributed by atoms with E-state index >= 15 is 0 Å². The van der Waals surface area contributed by atoms with Gasteiger partial charge in [0.15, 0.2) is 0 Å². The summed E-state index contributed by atoms with van der Waals surface area (Å²) in [5.41, 5.74) is 11.3. The number of likely N-dealkylation sites (tertiary alicyclic amines) is 1. The Morgan fingerprint density at radius 3 is 2.21 bits per heavy atom. The Hall–Kier alpha value is -4.64. The number of fused-ring (bicyclic) bond motifs is 1. The van der Waals surface area contributed by atoms with Gasteiger partial charge < -0.3 is 20.1 Å². The molecule has 0 saturated carbocycles. The summed E-state index contributed by atoms with van der Waals surface area (Å²) in [5, 5.41) is 11.0. The molecular weight excluding hydrogens is 534 g/mol. The standard InChI is InChI=1S/C36H37N5O2/c1-25(2)41-31(18-13-26-19-21-40(22-20-26)32(23-42)27-9-5-3-6-10-27)33(34-35(37)38-24-39-36(34)41)28-14-16-30(17-15-28)43-29-11-7-4-8-12-29/h3-12,14-17,24-26,32,42H,19-23H2,1-2H3,(H2,37,38,39). The van der Waals surface area contributed by atoms with E-state index in [9.17, 15) is 5.11 Å². The van der Waals surface area contributed by atoms with Crippen LogP contribution < -0.4 is 10.5 Å². The molecule has 7 nitrogen and oxygen atoms in total. The largest absolute Gasteiger partial charge is 0.457 e. The van der Waals surface area contributed by atoms with Crippen LogP contribution in [0.1, 0.15) is 50.0 Å². The molecule has 0 bridgehead atoms. The zero-order chi connectivity index (χ0) is 29.8. The van der Waals surface area contributed by atoms with Crippen molar-refractivity contribution in [2.75, 3.05) is 25.4 Å². The van der Waals surface area contributed by atoms with Gasteiger partial charge in [-0.05, 0) is 68.0 Å². The van der Waals surface area contributed by atoms with Crippen LogP contribution in [0, 0.1) is 17.8 Å². The Morgan fingerprint density at radius 1 is 0.907 bits per heavy atom. The van der Waals surface area contributed by atoms with Gasteiger partial charge in [0, 0.05) is 30.6 Å². The maximum absolute atomic E-state index is 10.2. The fourth-order valence-corrected chi connectivity index (χ4v) is 6.01. The summed E-state index contributed by atoms with van der Waals surface area (Å²) in [6.45, 7) is 6.17. The van der Waals surface area contributed by atoms with Gasteiger partial charge in [0.05, 0.1) is 18.0 Å². The molecule has 1 saturated heterocycles. The number of aromatic nitrogens is 3. The van der Waals surface area contributed by atoms with Crippen molar-refractivity contribution < 1.29 is 9.84 Å². The van der Waals surface area contributed by atoms with E-state index < -0.39 is 0 Å². The molecule has 1 aliphatic rings. The lowest BCUT2D eigenvalue weighted by Gasteiger charge is -2.35. The predicted molar refractivity (Wildman–Crippen MR) is 172 cm³/mol. The third kappa shape index (κ3) is 5.98. The van der Waals surface area contributed by atoms with E-state index in [4.69, 9.17) is 10.5 Å². The molecule has 6 rings (SSSR count). The summed E-state index contributed by atoms with van der Waals surface area (Å²) >= 11 is 0. The Bertz CT molecular complexity index is 1730. The SMILES string of the molecule is CC(C)n1c(C#CC2CCN(C(CO)c3ccccc3)CC2)c(-c2ccc(Oc3ccccc3)cc2)c2c(N)ncnc21. The van der Waals surface area contributed by atoms with Crippen LogP contribution >= 0.6 is 0 Å². The number of ether oxygens (including phenoxy) is 1. The molecule has 43 heavy (non-hydrogen) atoms. The fourth-order valence-electron chi connectivity index (χ4n) is 6.01. The summed E-state index contributed by atoms with van der Waals surface area (Å²) in [4.78, 5) is 11.4. The molecule has 1 atom stereocenters. The molecule has 1 aliphatic heterocycles. The van der Waals surface area contributed by atoms with Crippen LogP contribution in [-0.4, -0.2) is 44.2 Å². The maximum Gasteiger partial charge on any atom is 0.147 e. The second-order valence-corrected chi connectivity index (χ2v) is 11.3. The van der Waals surface area contributed by atoms with Crippen LogP contribution in [0.2, 0.25) is 0 Å². The normalized spacial score (nSPS) is 14.9. The quantitative estimate of drug-likeness (QED) is 0.208. The number of nitrogens with two attached hydrogens (primary N) is 1. The number of hydrogen-bond acceptors (Lipinski definition) is 6. The maximum atomic E-state index is 10.2. The second kappa shape index (κ2) is 12.7. The molecule has 3 N–H and O–H groups in total. The number of piperidine rings is 1. The Kier molecular flexibility index (Phi) is 8.41. The first-order valence-corrected chi connectivity index (χ1v) is 14.9. The second-order valence-electron chi connectivity index (χ2n) is 11.3. The number of nitrogens with zero attached hydrogens (tertiary/aromatic N) is 4. The van der Waals surface area contributed by atoms with Crippen LogP contribution in [-0.2, 0) is 0 Å². The fraction of sp³-hybridized carbons (Fsp3) is 0.278. The molecule has 0 amide bonds. The van der Waals surface area contributed by atoms with Gasteiger partial charge in [-0.25, -0.2) is 9.97 Å². The van der Waals surface area contributed by atoms with Gasteiger partial charge in [-0.3, -0.25) is 4.90 Å². The van der Waals surface area contributed by atoms with Crippen molar-refractivity contribution in [3.63, 3.8) is 0 Å². The average Bonchev–Trinajstić information content (AvgIpc) is 3.38. The van der Waals surface area contributed by atoms with Gasteiger partial charge >= 0.3 is 0 Å². The van der Waals surface area contributed by atoms with Gasteiger partial charge in [-0.2, -0.15) is 0 Å². The van der Waals surface area contributed by atoms with E-state index in [0.29, 0.717) is 5.82 Å². The lowest BCUT2D eigenvalue weighted by molar-refractivity contribution is 0.0952. The van der Waals surface area contributed by atoms with Crippen molar-refractivity contribution in [2.24, 2.45) is 5.92 Å². The Balaban J connectivity index is 1.32. The first kappa shape index (κ1) is 28.5. The summed E-state index contributed by atoms with van der Waals surface area (Å²) in [6, 6.07) is 28.2. The smallest absolute Gasteiger partial charge is 0.147 e. The molecule has 3 aromatic carbocycles. The lowest BCUT2D eigenvalue weighted by Crippen LogP contribution is -2.38. The van der Waals surface area contributed by atoms with Crippen molar-refractivity contribution >= 4 is 16.9 Å². The van der Waals surface area contributed by atoms with E-state index in [0.717, 1.165) is 70.8 Å². The number of nitrogen functional groups attached to an aromatic ring is 1. The average molecular weight is 572 g/mol. The van der Waals surface area contributed by atoms with Crippen LogP contribution in [0.15, 0.2) is 91.3 Å². The molecule has 0 spiro atoms. The third-order valence-electron chi connectivity index (χ3n) is 8.17.